The summed E-state index contributed by atoms with van der Waals surface area (Å²) in [6, 6.07) is 13.1. The van der Waals surface area contributed by atoms with Crippen molar-refractivity contribution in [3.05, 3.63) is 52.5 Å². The number of aromatic hydroxyl groups is 1. The van der Waals surface area contributed by atoms with Gasteiger partial charge in [-0.3, -0.25) is 0 Å². The van der Waals surface area contributed by atoms with Gasteiger partial charge in [-0.05, 0) is 18.4 Å². The van der Waals surface area contributed by atoms with Crippen molar-refractivity contribution < 1.29 is 9.84 Å². The van der Waals surface area contributed by atoms with Gasteiger partial charge >= 0.3 is 0 Å². The van der Waals surface area contributed by atoms with Gasteiger partial charge in [0.15, 0.2) is 17.3 Å². The van der Waals surface area contributed by atoms with Gasteiger partial charge in [-0.1, -0.05) is 58.0 Å². The van der Waals surface area contributed by atoms with Crippen molar-refractivity contribution in [3.8, 4) is 22.9 Å². The highest BCUT2D eigenvalue weighted by Gasteiger charge is 2.13. The Hall–Kier alpha value is -2.32. The molecule has 0 fully saturated rings. The van der Waals surface area contributed by atoms with E-state index in [9.17, 15) is 5.11 Å². The fourth-order valence-electron chi connectivity index (χ4n) is 2.23. The summed E-state index contributed by atoms with van der Waals surface area (Å²) in [6.45, 7) is 0. The maximum Gasteiger partial charge on any atom is 0.212 e. The molecule has 0 aliphatic rings. The molecule has 0 saturated heterocycles. The van der Waals surface area contributed by atoms with Crippen molar-refractivity contribution >= 4 is 33.9 Å². The van der Waals surface area contributed by atoms with Crippen LogP contribution < -0.4 is 4.74 Å². The zero-order valence-corrected chi connectivity index (χ0v) is 16.0. The van der Waals surface area contributed by atoms with Crippen LogP contribution in [0.2, 0.25) is 0 Å². The topological polar surface area (TPSA) is 72.5 Å². The van der Waals surface area contributed by atoms with Crippen LogP contribution in [0.4, 0.5) is 0 Å². The fourth-order valence-corrected chi connectivity index (χ4v) is 3.12. The Bertz CT molecular complexity index is 913. The molecule has 0 unspecified atom stereocenters. The second-order valence-corrected chi connectivity index (χ2v) is 6.67. The predicted molar refractivity (Wildman–Crippen MR) is 103 cm³/mol. The first-order valence-corrected chi connectivity index (χ1v) is 9.31. The van der Waals surface area contributed by atoms with Crippen molar-refractivity contribution in [2.24, 2.45) is 5.10 Å². The summed E-state index contributed by atoms with van der Waals surface area (Å²) in [5.74, 6) is 1.02. The minimum absolute atomic E-state index is 0.0227. The first-order chi connectivity index (χ1) is 12.1. The van der Waals surface area contributed by atoms with Crippen LogP contribution in [0.25, 0.3) is 11.4 Å². The van der Waals surface area contributed by atoms with Crippen molar-refractivity contribution in [3.63, 3.8) is 0 Å². The minimum atomic E-state index is 0.0227. The Morgan fingerprint density at radius 3 is 2.68 bits per heavy atom. The van der Waals surface area contributed by atoms with E-state index in [1.807, 2.05) is 36.6 Å². The number of benzene rings is 2. The largest absolute Gasteiger partial charge is 0.504 e. The van der Waals surface area contributed by atoms with Crippen molar-refractivity contribution in [2.45, 2.75) is 5.16 Å². The highest BCUT2D eigenvalue weighted by Crippen LogP contribution is 2.32. The molecule has 6 nitrogen and oxygen atoms in total. The second kappa shape index (κ2) is 7.71. The number of methoxy groups -OCH3 is 1. The lowest BCUT2D eigenvalue weighted by molar-refractivity contribution is 0.373. The van der Waals surface area contributed by atoms with Gasteiger partial charge in [-0.25, -0.2) is 0 Å². The first kappa shape index (κ1) is 17.5. The maximum absolute atomic E-state index is 10.3. The SMILES string of the molecule is COc1cc(Br)cc(/C=N\n2c(SC)nnc2-c2ccccc2)c1O. The van der Waals surface area contributed by atoms with Gasteiger partial charge in [0.2, 0.25) is 5.16 Å². The van der Waals surface area contributed by atoms with Gasteiger partial charge in [0, 0.05) is 15.6 Å². The fraction of sp³-hybridized carbons (Fsp3) is 0.118. The number of phenols is 1. The Balaban J connectivity index is 2.05. The highest BCUT2D eigenvalue weighted by molar-refractivity contribution is 9.10. The van der Waals surface area contributed by atoms with E-state index in [1.54, 1.807) is 23.0 Å². The molecule has 3 rings (SSSR count). The quantitative estimate of drug-likeness (QED) is 0.500. The van der Waals surface area contributed by atoms with E-state index in [2.05, 4.69) is 31.2 Å². The van der Waals surface area contributed by atoms with E-state index >= 15 is 0 Å². The lowest BCUT2D eigenvalue weighted by Gasteiger charge is -2.07. The average molecular weight is 419 g/mol. The van der Waals surface area contributed by atoms with Crippen LogP contribution in [0.1, 0.15) is 5.56 Å². The zero-order valence-electron chi connectivity index (χ0n) is 13.5. The standard InChI is InChI=1S/C17H15BrN4O2S/c1-24-14-9-13(18)8-12(15(14)23)10-19-22-16(20-21-17(22)25-2)11-6-4-3-5-7-11/h3-10,23H,1-2H3/b19-10-. The van der Waals surface area contributed by atoms with E-state index in [4.69, 9.17) is 4.74 Å². The smallest absolute Gasteiger partial charge is 0.212 e. The Kier molecular flexibility index (Phi) is 5.40. The summed E-state index contributed by atoms with van der Waals surface area (Å²) in [6.07, 6.45) is 3.46. The lowest BCUT2D eigenvalue weighted by atomic mass is 10.2. The molecule has 1 heterocycles. The van der Waals surface area contributed by atoms with Crippen LogP contribution in [0.5, 0.6) is 11.5 Å². The van der Waals surface area contributed by atoms with Crippen LogP contribution in [-0.4, -0.2) is 39.6 Å². The minimum Gasteiger partial charge on any atom is -0.504 e. The van der Waals surface area contributed by atoms with Gasteiger partial charge < -0.3 is 9.84 Å². The molecule has 1 aromatic heterocycles. The second-order valence-electron chi connectivity index (χ2n) is 4.98. The van der Waals surface area contributed by atoms with Crippen LogP contribution in [0, 0.1) is 0 Å². The molecule has 0 spiro atoms. The third-order valence-corrected chi connectivity index (χ3v) is 4.51. The molecular weight excluding hydrogens is 404 g/mol. The molecule has 0 bridgehead atoms. The number of halogens is 1. The van der Waals surface area contributed by atoms with Crippen molar-refractivity contribution in [1.82, 2.24) is 14.9 Å². The molecule has 3 aromatic rings. The van der Waals surface area contributed by atoms with Gasteiger partial charge in [-0.15, -0.1) is 10.2 Å². The van der Waals surface area contributed by atoms with E-state index in [-0.39, 0.29) is 5.75 Å². The molecule has 0 radical (unpaired) electrons. The van der Waals surface area contributed by atoms with E-state index in [0.717, 1.165) is 10.0 Å². The summed E-state index contributed by atoms with van der Waals surface area (Å²) in [5, 5.41) is 23.8. The Labute approximate surface area is 157 Å². The zero-order chi connectivity index (χ0) is 17.8. The third-order valence-electron chi connectivity index (χ3n) is 3.43. The van der Waals surface area contributed by atoms with Gasteiger partial charge in [-0.2, -0.15) is 9.78 Å². The van der Waals surface area contributed by atoms with E-state index in [0.29, 0.717) is 22.3 Å². The molecule has 0 amide bonds. The predicted octanol–water partition coefficient (Wildman–Crippen LogP) is 4.03. The van der Waals surface area contributed by atoms with Gasteiger partial charge in [0.25, 0.3) is 0 Å². The highest BCUT2D eigenvalue weighted by atomic mass is 79.9. The monoisotopic (exact) mass is 418 g/mol. The number of hydrogen-bond acceptors (Lipinski definition) is 6. The molecule has 25 heavy (non-hydrogen) atoms. The van der Waals surface area contributed by atoms with Crippen LogP contribution in [0.15, 0.2) is 57.2 Å². The summed E-state index contributed by atoms with van der Waals surface area (Å²) in [7, 11) is 1.50. The molecule has 0 aliphatic heterocycles. The van der Waals surface area contributed by atoms with Crippen LogP contribution >= 0.6 is 27.7 Å². The van der Waals surface area contributed by atoms with Crippen LogP contribution in [-0.2, 0) is 0 Å². The molecule has 0 aliphatic carbocycles. The number of aromatic nitrogens is 3. The number of hydrogen-bond donors (Lipinski definition) is 1. The Morgan fingerprint density at radius 2 is 2.00 bits per heavy atom. The van der Waals surface area contributed by atoms with Crippen molar-refractivity contribution in [1.29, 1.82) is 0 Å². The summed E-state index contributed by atoms with van der Waals surface area (Å²) in [4.78, 5) is 0. The average Bonchev–Trinajstić information content (AvgIpc) is 3.05. The normalized spacial score (nSPS) is 11.2. The first-order valence-electron chi connectivity index (χ1n) is 7.29. The van der Waals surface area contributed by atoms with Gasteiger partial charge in [0.05, 0.1) is 13.3 Å². The molecule has 0 atom stereocenters. The molecule has 2 aromatic carbocycles. The molecule has 0 saturated carbocycles. The van der Waals surface area contributed by atoms with Crippen molar-refractivity contribution in [2.75, 3.05) is 13.4 Å². The third kappa shape index (κ3) is 3.69. The number of phenolic OH excluding ortho intramolecular Hbond substituents is 1. The number of thioether (sulfide) groups is 1. The lowest BCUT2D eigenvalue weighted by Crippen LogP contribution is -1.97. The summed E-state index contributed by atoms with van der Waals surface area (Å²) in [5.41, 5.74) is 1.43. The number of rotatable bonds is 5. The van der Waals surface area contributed by atoms with Crippen LogP contribution in [0.3, 0.4) is 0 Å². The Morgan fingerprint density at radius 1 is 1.24 bits per heavy atom. The van der Waals surface area contributed by atoms with E-state index < -0.39 is 0 Å². The summed E-state index contributed by atoms with van der Waals surface area (Å²) >= 11 is 4.84. The van der Waals surface area contributed by atoms with E-state index in [1.165, 1.54) is 18.9 Å². The molecule has 128 valence electrons. The molecule has 1 N–H and O–H groups in total. The van der Waals surface area contributed by atoms with Gasteiger partial charge in [0.1, 0.15) is 0 Å². The summed E-state index contributed by atoms with van der Waals surface area (Å²) < 4.78 is 7.59. The number of ether oxygens (including phenoxy) is 1. The molecular formula is C17H15BrN4O2S. The number of nitrogens with zero attached hydrogens (tertiary/aromatic N) is 4. The molecule has 8 heteroatoms. The maximum atomic E-state index is 10.3.